The Balaban J connectivity index is 2.18. The Labute approximate surface area is 122 Å². The third-order valence-electron chi connectivity index (χ3n) is 3.08. The van der Waals surface area contributed by atoms with Gasteiger partial charge in [0.2, 0.25) is 0 Å². The summed E-state index contributed by atoms with van der Waals surface area (Å²) in [6.07, 6.45) is 3.63. The Morgan fingerprint density at radius 3 is 2.55 bits per heavy atom. The SMILES string of the molecule is CNc1nc(-c2cccc(C)c2)c(-c2ccncc2)s1. The smallest absolute Gasteiger partial charge is 0.183 e. The van der Waals surface area contributed by atoms with Crippen LogP contribution in [0.5, 0.6) is 0 Å². The zero-order valence-corrected chi connectivity index (χ0v) is 12.2. The Hall–Kier alpha value is -2.20. The number of hydrogen-bond donors (Lipinski definition) is 1. The van der Waals surface area contributed by atoms with E-state index in [-0.39, 0.29) is 0 Å². The Kier molecular flexibility index (Phi) is 3.48. The summed E-state index contributed by atoms with van der Waals surface area (Å²) in [5.74, 6) is 0. The Morgan fingerprint density at radius 2 is 1.85 bits per heavy atom. The average Bonchev–Trinajstić information content (AvgIpc) is 2.92. The molecule has 2 aromatic heterocycles. The molecule has 1 aromatic carbocycles. The first-order valence-electron chi connectivity index (χ1n) is 6.44. The van der Waals surface area contributed by atoms with Crippen LogP contribution in [0.1, 0.15) is 5.56 Å². The molecule has 0 amide bonds. The van der Waals surface area contributed by atoms with Gasteiger partial charge in [0.1, 0.15) is 0 Å². The van der Waals surface area contributed by atoms with Crippen LogP contribution in [-0.4, -0.2) is 17.0 Å². The van der Waals surface area contributed by atoms with E-state index in [1.165, 1.54) is 10.4 Å². The Morgan fingerprint density at radius 1 is 1.05 bits per heavy atom. The van der Waals surface area contributed by atoms with Crippen molar-refractivity contribution < 1.29 is 0 Å². The average molecular weight is 281 g/mol. The monoisotopic (exact) mass is 281 g/mol. The number of hydrogen-bond acceptors (Lipinski definition) is 4. The van der Waals surface area contributed by atoms with Gasteiger partial charge in [0.05, 0.1) is 10.6 Å². The predicted molar refractivity (Wildman–Crippen MR) is 85.1 cm³/mol. The molecule has 0 aliphatic rings. The van der Waals surface area contributed by atoms with Crippen LogP contribution in [0.4, 0.5) is 5.13 Å². The first-order valence-corrected chi connectivity index (χ1v) is 7.25. The third kappa shape index (κ3) is 2.42. The van der Waals surface area contributed by atoms with Crippen molar-refractivity contribution in [2.24, 2.45) is 0 Å². The number of nitrogens with one attached hydrogen (secondary N) is 1. The van der Waals surface area contributed by atoms with Crippen LogP contribution in [0.15, 0.2) is 48.8 Å². The fourth-order valence-corrected chi connectivity index (χ4v) is 3.06. The topological polar surface area (TPSA) is 37.8 Å². The molecule has 1 N–H and O–H groups in total. The zero-order valence-electron chi connectivity index (χ0n) is 11.4. The molecule has 3 nitrogen and oxygen atoms in total. The number of aryl methyl sites for hydroxylation is 1. The summed E-state index contributed by atoms with van der Waals surface area (Å²) in [6.45, 7) is 2.10. The molecular formula is C16H15N3S. The molecule has 0 radical (unpaired) electrons. The van der Waals surface area contributed by atoms with Gasteiger partial charge >= 0.3 is 0 Å². The first kappa shape index (κ1) is 12.8. The first-order chi connectivity index (χ1) is 9.78. The van der Waals surface area contributed by atoms with Crippen LogP contribution in [0.3, 0.4) is 0 Å². The van der Waals surface area contributed by atoms with Crippen molar-refractivity contribution in [2.75, 3.05) is 12.4 Å². The van der Waals surface area contributed by atoms with E-state index in [1.54, 1.807) is 11.3 Å². The lowest BCUT2D eigenvalue weighted by molar-refractivity contribution is 1.32. The highest BCUT2D eigenvalue weighted by Gasteiger charge is 2.14. The highest BCUT2D eigenvalue weighted by molar-refractivity contribution is 7.19. The largest absolute Gasteiger partial charge is 0.365 e. The second-order valence-electron chi connectivity index (χ2n) is 4.55. The molecule has 0 saturated carbocycles. The molecule has 20 heavy (non-hydrogen) atoms. The molecule has 0 aliphatic heterocycles. The molecule has 100 valence electrons. The van der Waals surface area contributed by atoms with Crippen molar-refractivity contribution in [2.45, 2.75) is 6.92 Å². The van der Waals surface area contributed by atoms with Crippen molar-refractivity contribution in [3.05, 3.63) is 54.4 Å². The molecule has 2 heterocycles. The van der Waals surface area contributed by atoms with Crippen LogP contribution < -0.4 is 5.32 Å². The highest BCUT2D eigenvalue weighted by Crippen LogP contribution is 2.38. The molecule has 0 saturated heterocycles. The van der Waals surface area contributed by atoms with E-state index >= 15 is 0 Å². The third-order valence-corrected chi connectivity index (χ3v) is 4.20. The number of nitrogens with zero attached hydrogens (tertiary/aromatic N) is 2. The maximum Gasteiger partial charge on any atom is 0.183 e. The standard InChI is InChI=1S/C16H15N3S/c1-11-4-3-5-13(10-11)14-15(20-16(17-2)19-14)12-6-8-18-9-7-12/h3-10H,1-2H3,(H,17,19). The van der Waals surface area contributed by atoms with Gasteiger partial charge < -0.3 is 5.32 Å². The number of rotatable bonds is 3. The van der Waals surface area contributed by atoms with Gasteiger partial charge in [0, 0.05) is 25.0 Å². The quantitative estimate of drug-likeness (QED) is 0.781. The van der Waals surface area contributed by atoms with E-state index in [2.05, 4.69) is 41.5 Å². The van der Waals surface area contributed by atoms with E-state index in [0.717, 1.165) is 22.0 Å². The summed E-state index contributed by atoms with van der Waals surface area (Å²) in [7, 11) is 1.90. The summed E-state index contributed by atoms with van der Waals surface area (Å²) >= 11 is 1.66. The lowest BCUT2D eigenvalue weighted by Crippen LogP contribution is -1.87. The van der Waals surface area contributed by atoms with E-state index in [0.29, 0.717) is 0 Å². The van der Waals surface area contributed by atoms with Crippen LogP contribution in [-0.2, 0) is 0 Å². The summed E-state index contributed by atoms with van der Waals surface area (Å²) in [4.78, 5) is 9.96. The molecule has 0 unspecified atom stereocenters. The van der Waals surface area contributed by atoms with Gasteiger partial charge in [-0.15, -0.1) is 0 Å². The number of benzene rings is 1. The zero-order chi connectivity index (χ0) is 13.9. The normalized spacial score (nSPS) is 10.5. The minimum absolute atomic E-state index is 0.924. The molecule has 3 rings (SSSR count). The molecule has 0 aliphatic carbocycles. The van der Waals surface area contributed by atoms with Crippen molar-refractivity contribution in [1.82, 2.24) is 9.97 Å². The fourth-order valence-electron chi connectivity index (χ4n) is 2.11. The van der Waals surface area contributed by atoms with Gasteiger partial charge in [-0.1, -0.05) is 35.1 Å². The second kappa shape index (κ2) is 5.43. The van der Waals surface area contributed by atoms with E-state index in [4.69, 9.17) is 4.98 Å². The lowest BCUT2D eigenvalue weighted by Gasteiger charge is -2.03. The minimum atomic E-state index is 0.924. The Bertz CT molecular complexity index is 720. The van der Waals surface area contributed by atoms with Gasteiger partial charge in [0.25, 0.3) is 0 Å². The van der Waals surface area contributed by atoms with Crippen molar-refractivity contribution in [1.29, 1.82) is 0 Å². The van der Waals surface area contributed by atoms with E-state index < -0.39 is 0 Å². The van der Waals surface area contributed by atoms with Crippen LogP contribution >= 0.6 is 11.3 Å². The summed E-state index contributed by atoms with van der Waals surface area (Å²) in [6, 6.07) is 12.5. The summed E-state index contributed by atoms with van der Waals surface area (Å²) in [5.41, 5.74) is 4.56. The number of anilines is 1. The van der Waals surface area contributed by atoms with Gasteiger partial charge in [-0.3, -0.25) is 4.98 Å². The maximum absolute atomic E-state index is 4.70. The van der Waals surface area contributed by atoms with Gasteiger partial charge in [-0.05, 0) is 30.7 Å². The summed E-state index contributed by atoms with van der Waals surface area (Å²) < 4.78 is 0. The molecule has 0 bridgehead atoms. The molecule has 0 fully saturated rings. The lowest BCUT2D eigenvalue weighted by atomic mass is 10.1. The van der Waals surface area contributed by atoms with Crippen LogP contribution in [0, 0.1) is 6.92 Å². The predicted octanol–water partition coefficient (Wildman–Crippen LogP) is 4.22. The maximum atomic E-state index is 4.70. The van der Waals surface area contributed by atoms with Crippen molar-refractivity contribution in [3.8, 4) is 21.7 Å². The van der Waals surface area contributed by atoms with Crippen LogP contribution in [0.25, 0.3) is 21.7 Å². The number of aromatic nitrogens is 2. The highest BCUT2D eigenvalue weighted by atomic mass is 32.1. The molecule has 0 spiro atoms. The summed E-state index contributed by atoms with van der Waals surface area (Å²) in [5, 5.41) is 4.06. The number of thiazole rings is 1. The molecule has 3 aromatic rings. The molecular weight excluding hydrogens is 266 g/mol. The van der Waals surface area contributed by atoms with E-state index in [1.807, 2.05) is 31.6 Å². The second-order valence-corrected chi connectivity index (χ2v) is 5.55. The van der Waals surface area contributed by atoms with Crippen molar-refractivity contribution in [3.63, 3.8) is 0 Å². The minimum Gasteiger partial charge on any atom is -0.365 e. The van der Waals surface area contributed by atoms with Crippen molar-refractivity contribution >= 4 is 16.5 Å². The molecule has 4 heteroatoms. The van der Waals surface area contributed by atoms with E-state index in [9.17, 15) is 0 Å². The van der Waals surface area contributed by atoms with Gasteiger partial charge in [-0.25, -0.2) is 4.98 Å². The fraction of sp³-hybridized carbons (Fsp3) is 0.125. The van der Waals surface area contributed by atoms with Crippen LogP contribution in [0.2, 0.25) is 0 Å². The number of pyridine rings is 1. The molecule has 0 atom stereocenters. The van der Waals surface area contributed by atoms with Gasteiger partial charge in [0.15, 0.2) is 5.13 Å². The van der Waals surface area contributed by atoms with Gasteiger partial charge in [-0.2, -0.15) is 0 Å².